The van der Waals surface area contributed by atoms with Crippen molar-refractivity contribution in [3.63, 3.8) is 0 Å². The Morgan fingerprint density at radius 2 is 2.18 bits per heavy atom. The quantitative estimate of drug-likeness (QED) is 0.719. The Morgan fingerprint density at radius 1 is 1.45 bits per heavy atom. The lowest BCUT2D eigenvalue weighted by molar-refractivity contribution is -0.0202. The van der Waals surface area contributed by atoms with Gasteiger partial charge in [0.05, 0.1) is 6.10 Å². The summed E-state index contributed by atoms with van der Waals surface area (Å²) in [7, 11) is -5.70. The molecule has 1 aromatic heterocycles. The van der Waals surface area contributed by atoms with Gasteiger partial charge in [-0.25, -0.2) is 4.79 Å². The van der Waals surface area contributed by atoms with Gasteiger partial charge in [-0.2, -0.15) is 0 Å². The van der Waals surface area contributed by atoms with Crippen molar-refractivity contribution in [1.29, 1.82) is 0 Å². The van der Waals surface area contributed by atoms with Crippen LogP contribution in [0.25, 0.3) is 0 Å². The first kappa shape index (κ1) is 17.1. The molecule has 1 fully saturated rings. The number of nitrogens with zero attached hydrogens (tertiary/aromatic N) is 1. The van der Waals surface area contributed by atoms with Gasteiger partial charge < -0.3 is 4.74 Å². The molecule has 0 amide bonds. The zero-order valence-corrected chi connectivity index (χ0v) is 13.3. The second-order valence-corrected chi connectivity index (χ2v) is 6.44. The lowest BCUT2D eigenvalue weighted by Gasteiger charge is -2.14. The molecule has 1 aliphatic heterocycles. The number of aromatic nitrogens is 2. The molecule has 4 unspecified atom stereocenters. The molecule has 1 aromatic rings. The van der Waals surface area contributed by atoms with Gasteiger partial charge in [-0.15, -0.1) is 9.42 Å². The van der Waals surface area contributed by atoms with Crippen LogP contribution in [0.3, 0.4) is 0 Å². The van der Waals surface area contributed by atoms with Crippen molar-refractivity contribution in [3.05, 3.63) is 32.6 Å². The standard InChI is InChI=1S/C10H12N2O8P2/c1-6-4-12(10(14)11-9(6)13)8-3-2-7(19-8)5-18-22(17)20-21(15)16/h4,7-8H,2-3,5H2,1H3/p+2. The lowest BCUT2D eigenvalue weighted by atomic mass is 10.2. The maximum absolute atomic E-state index is 11.7. The summed E-state index contributed by atoms with van der Waals surface area (Å²) in [6.45, 7) is 1.47. The molecule has 1 aliphatic rings. The first-order valence-corrected chi connectivity index (χ1v) is 8.51. The Balaban J connectivity index is 1.94. The molecule has 2 N–H and O–H groups in total. The van der Waals surface area contributed by atoms with Crippen molar-refractivity contribution >= 4 is 16.5 Å². The van der Waals surface area contributed by atoms with Crippen LogP contribution in [0, 0.1) is 6.92 Å². The van der Waals surface area contributed by atoms with Gasteiger partial charge in [0, 0.05) is 20.9 Å². The maximum Gasteiger partial charge on any atom is 0.747 e. The molecule has 2 heterocycles. The molecule has 0 aliphatic carbocycles. The Hall–Kier alpha value is -1.28. The van der Waals surface area contributed by atoms with Crippen LogP contribution in [-0.2, 0) is 22.7 Å². The Labute approximate surface area is 125 Å². The van der Waals surface area contributed by atoms with E-state index in [0.29, 0.717) is 18.4 Å². The van der Waals surface area contributed by atoms with Crippen LogP contribution < -0.4 is 11.2 Å². The van der Waals surface area contributed by atoms with Gasteiger partial charge in [-0.1, -0.05) is 0 Å². The predicted molar refractivity (Wildman–Crippen MR) is 73.7 cm³/mol. The first-order chi connectivity index (χ1) is 10.4. The average molecular weight is 352 g/mol. The van der Waals surface area contributed by atoms with Gasteiger partial charge in [-0.3, -0.25) is 14.3 Å². The van der Waals surface area contributed by atoms with Gasteiger partial charge in [0.15, 0.2) is 4.31 Å². The minimum absolute atomic E-state index is 0.105. The minimum Gasteiger partial charge on any atom is -0.352 e. The Kier molecular flexibility index (Phi) is 5.69. The van der Waals surface area contributed by atoms with E-state index < -0.39 is 40.1 Å². The highest BCUT2D eigenvalue weighted by Gasteiger charge is 2.38. The first-order valence-electron chi connectivity index (χ1n) is 6.28. The highest BCUT2D eigenvalue weighted by molar-refractivity contribution is 7.47. The van der Waals surface area contributed by atoms with E-state index in [1.807, 2.05) is 0 Å². The second-order valence-electron chi connectivity index (χ2n) is 4.61. The zero-order valence-electron chi connectivity index (χ0n) is 11.5. The second kappa shape index (κ2) is 7.32. The molecule has 2 rings (SSSR count). The smallest absolute Gasteiger partial charge is 0.352 e. The van der Waals surface area contributed by atoms with Crippen LogP contribution in [0.4, 0.5) is 0 Å². The fourth-order valence-electron chi connectivity index (χ4n) is 2.04. The minimum atomic E-state index is -3.00. The van der Waals surface area contributed by atoms with Crippen LogP contribution >= 0.6 is 16.5 Å². The molecule has 0 spiro atoms. The summed E-state index contributed by atoms with van der Waals surface area (Å²) in [6, 6.07) is 0. The van der Waals surface area contributed by atoms with Crippen molar-refractivity contribution in [2.24, 2.45) is 0 Å². The number of aryl methyl sites for hydroxylation is 1. The molecule has 0 radical (unpaired) electrons. The fraction of sp³-hybridized carbons (Fsp3) is 0.600. The Bertz CT molecular complexity index is 699. The SMILES string of the molecule is Cc1cn(C2CCC(CO[P+](=O)O[P+](=O)O)O2)c(=O)[nH]c1=O. The van der Waals surface area contributed by atoms with Crippen LogP contribution in [-0.4, -0.2) is 27.2 Å². The molecule has 0 aromatic carbocycles. The van der Waals surface area contributed by atoms with Gasteiger partial charge in [0.2, 0.25) is 0 Å². The van der Waals surface area contributed by atoms with E-state index >= 15 is 0 Å². The van der Waals surface area contributed by atoms with E-state index in [4.69, 9.17) is 14.2 Å². The van der Waals surface area contributed by atoms with Crippen LogP contribution in [0.1, 0.15) is 24.6 Å². The topological polar surface area (TPSA) is 137 Å². The van der Waals surface area contributed by atoms with Crippen molar-refractivity contribution < 1.29 is 27.6 Å². The number of ether oxygens (including phenoxy) is 1. The van der Waals surface area contributed by atoms with Crippen LogP contribution in [0.2, 0.25) is 0 Å². The third-order valence-corrected chi connectivity index (χ3v) is 4.50. The highest BCUT2D eigenvalue weighted by atomic mass is 31.2. The van der Waals surface area contributed by atoms with E-state index in [2.05, 4.69) is 9.29 Å². The summed E-state index contributed by atoms with van der Waals surface area (Å²) in [5, 5.41) is 0. The van der Waals surface area contributed by atoms with Crippen LogP contribution in [0.15, 0.2) is 15.8 Å². The molecular formula is C10H14N2O8P2+2. The van der Waals surface area contributed by atoms with Crippen molar-refractivity contribution in [2.75, 3.05) is 6.61 Å². The number of nitrogens with one attached hydrogen (secondary N) is 1. The number of rotatable bonds is 6. The summed E-state index contributed by atoms with van der Waals surface area (Å²) in [5.74, 6) is 0. The Morgan fingerprint density at radius 3 is 2.86 bits per heavy atom. The van der Waals surface area contributed by atoms with Gasteiger partial charge in [0.25, 0.3) is 5.56 Å². The molecular weight excluding hydrogens is 338 g/mol. The molecule has 4 atom stereocenters. The normalized spacial score (nSPS) is 22.6. The third-order valence-electron chi connectivity index (χ3n) is 3.04. The summed E-state index contributed by atoms with van der Waals surface area (Å²) in [6.07, 6.45) is 1.44. The van der Waals surface area contributed by atoms with Crippen molar-refractivity contribution in [1.82, 2.24) is 9.55 Å². The van der Waals surface area contributed by atoms with Gasteiger partial charge in [-0.05, 0) is 19.8 Å². The van der Waals surface area contributed by atoms with Gasteiger partial charge >= 0.3 is 22.2 Å². The maximum atomic E-state index is 11.7. The van der Waals surface area contributed by atoms with E-state index in [1.54, 1.807) is 6.92 Å². The van der Waals surface area contributed by atoms with E-state index in [9.17, 15) is 18.7 Å². The fourth-order valence-corrected chi connectivity index (χ4v) is 2.97. The van der Waals surface area contributed by atoms with E-state index in [1.165, 1.54) is 10.8 Å². The summed E-state index contributed by atoms with van der Waals surface area (Å²) < 4.78 is 37.1. The number of hydrogen-bond donors (Lipinski definition) is 2. The average Bonchev–Trinajstić information content (AvgIpc) is 2.88. The summed E-state index contributed by atoms with van der Waals surface area (Å²) in [5.41, 5.74) is -0.647. The lowest BCUT2D eigenvalue weighted by Crippen LogP contribution is -2.33. The molecule has 120 valence electrons. The number of aromatic amines is 1. The number of H-pyrrole nitrogens is 1. The van der Waals surface area contributed by atoms with Crippen molar-refractivity contribution in [2.45, 2.75) is 32.1 Å². The van der Waals surface area contributed by atoms with E-state index in [-0.39, 0.29) is 6.61 Å². The monoisotopic (exact) mass is 352 g/mol. The highest BCUT2D eigenvalue weighted by Crippen LogP contribution is 2.37. The molecule has 0 saturated carbocycles. The third kappa shape index (κ3) is 4.36. The molecule has 0 bridgehead atoms. The van der Waals surface area contributed by atoms with Gasteiger partial charge in [0.1, 0.15) is 12.8 Å². The molecule has 10 nitrogen and oxygen atoms in total. The predicted octanol–water partition coefficient (Wildman–Crippen LogP) is 0.863. The van der Waals surface area contributed by atoms with Crippen molar-refractivity contribution in [3.8, 4) is 0 Å². The summed E-state index contributed by atoms with van der Waals surface area (Å²) >= 11 is 0. The molecule has 12 heteroatoms. The molecule has 1 saturated heterocycles. The zero-order chi connectivity index (χ0) is 16.3. The number of hydrogen-bond acceptors (Lipinski definition) is 7. The summed E-state index contributed by atoms with van der Waals surface area (Å²) in [4.78, 5) is 33.7. The van der Waals surface area contributed by atoms with Crippen LogP contribution in [0.5, 0.6) is 0 Å². The molecule has 22 heavy (non-hydrogen) atoms. The van der Waals surface area contributed by atoms with E-state index in [0.717, 1.165) is 0 Å². The largest absolute Gasteiger partial charge is 0.747 e.